The lowest BCUT2D eigenvalue weighted by atomic mass is 9.99. The molecule has 20 heavy (non-hydrogen) atoms. The van der Waals surface area contributed by atoms with Gasteiger partial charge in [-0.1, -0.05) is 0 Å². The molecular weight excluding hydrogens is 296 g/mol. The Morgan fingerprint density at radius 2 is 1.85 bits per heavy atom. The zero-order chi connectivity index (χ0) is 15.2. The summed E-state index contributed by atoms with van der Waals surface area (Å²) in [5.41, 5.74) is 0. The summed E-state index contributed by atoms with van der Waals surface area (Å²) in [6, 6.07) is 0. The summed E-state index contributed by atoms with van der Waals surface area (Å²) in [6.45, 7) is 0.0884. The summed E-state index contributed by atoms with van der Waals surface area (Å²) < 4.78 is 56.7. The lowest BCUT2D eigenvalue weighted by Crippen LogP contribution is -2.41. The molecule has 0 radical (unpaired) electrons. The molecule has 0 amide bonds. The molecule has 1 rings (SSSR count). The molecule has 1 N–H and O–H groups in total. The molecular formula is C13H22F4O2S. The zero-order valence-electron chi connectivity index (χ0n) is 11.6. The van der Waals surface area contributed by atoms with Crippen LogP contribution in [0.15, 0.2) is 0 Å². The fraction of sp³-hybridized carbons (Fsp3) is 1.00. The van der Waals surface area contributed by atoms with Gasteiger partial charge in [-0.25, -0.2) is 17.6 Å². The Morgan fingerprint density at radius 1 is 1.25 bits per heavy atom. The number of aliphatic hydroxyl groups is 1. The first-order valence-electron chi connectivity index (χ1n) is 6.80. The number of alkyl halides is 4. The van der Waals surface area contributed by atoms with Crippen molar-refractivity contribution in [2.24, 2.45) is 5.92 Å². The van der Waals surface area contributed by atoms with Crippen LogP contribution in [-0.2, 0) is 4.74 Å². The Kier molecular flexibility index (Phi) is 7.08. The summed E-state index contributed by atoms with van der Waals surface area (Å²) in [7, 11) is 0. The number of hydrogen-bond acceptors (Lipinski definition) is 3. The lowest BCUT2D eigenvalue weighted by Gasteiger charge is -2.25. The minimum absolute atomic E-state index is 0.283. The van der Waals surface area contributed by atoms with Crippen LogP contribution in [0, 0.1) is 5.92 Å². The molecule has 0 aromatic carbocycles. The lowest BCUT2D eigenvalue weighted by molar-refractivity contribution is -0.175. The van der Waals surface area contributed by atoms with E-state index in [1.54, 1.807) is 0 Å². The fourth-order valence-electron chi connectivity index (χ4n) is 2.13. The second kappa shape index (κ2) is 7.84. The van der Waals surface area contributed by atoms with Gasteiger partial charge in [0.2, 0.25) is 0 Å². The molecule has 0 aromatic rings. The number of halogens is 4. The Bertz CT molecular complexity index is 278. The molecule has 1 atom stereocenters. The van der Waals surface area contributed by atoms with E-state index in [2.05, 4.69) is 0 Å². The van der Waals surface area contributed by atoms with Crippen molar-refractivity contribution in [2.75, 3.05) is 24.7 Å². The Hall–Kier alpha value is -0.0100. The van der Waals surface area contributed by atoms with Gasteiger partial charge in [-0.3, -0.25) is 0 Å². The molecule has 2 nitrogen and oxygen atoms in total. The highest BCUT2D eigenvalue weighted by atomic mass is 32.2. The molecule has 1 aliphatic heterocycles. The molecule has 7 heteroatoms. The van der Waals surface area contributed by atoms with Gasteiger partial charge in [0.25, 0.3) is 11.8 Å². The maximum atomic E-state index is 13.3. The first-order valence-corrected chi connectivity index (χ1v) is 7.95. The number of thioether (sulfide) groups is 1. The minimum Gasteiger partial charge on any atom is -0.384 e. The predicted molar refractivity (Wildman–Crippen MR) is 71.7 cm³/mol. The second-order valence-electron chi connectivity index (χ2n) is 5.44. The standard InChI is InChI=1S/C13H22F4O2S/c1-12(14,15)9-13(16,17)11(18)8-19-5-2-10-3-6-20-7-4-10/h10-11,18H,2-9H2,1H3. The molecule has 1 saturated heterocycles. The van der Waals surface area contributed by atoms with Crippen molar-refractivity contribution >= 4 is 11.8 Å². The topological polar surface area (TPSA) is 29.5 Å². The van der Waals surface area contributed by atoms with Gasteiger partial charge in [0, 0.05) is 6.61 Å². The molecule has 0 spiro atoms. The van der Waals surface area contributed by atoms with E-state index in [1.807, 2.05) is 11.8 Å². The van der Waals surface area contributed by atoms with Crippen LogP contribution >= 0.6 is 11.8 Å². The number of aliphatic hydroxyl groups excluding tert-OH is 1. The third kappa shape index (κ3) is 7.13. The van der Waals surface area contributed by atoms with Gasteiger partial charge in [0.05, 0.1) is 13.0 Å². The van der Waals surface area contributed by atoms with Crippen LogP contribution in [-0.4, -0.2) is 47.8 Å². The van der Waals surface area contributed by atoms with Crippen molar-refractivity contribution in [1.82, 2.24) is 0 Å². The van der Waals surface area contributed by atoms with E-state index < -0.39 is 31.0 Å². The molecule has 0 bridgehead atoms. The number of ether oxygens (including phenoxy) is 1. The van der Waals surface area contributed by atoms with Crippen molar-refractivity contribution in [3.05, 3.63) is 0 Å². The average Bonchev–Trinajstić information content (AvgIpc) is 2.32. The fourth-order valence-corrected chi connectivity index (χ4v) is 3.34. The average molecular weight is 318 g/mol. The largest absolute Gasteiger partial charge is 0.384 e. The summed E-state index contributed by atoms with van der Waals surface area (Å²) in [5, 5.41) is 9.27. The van der Waals surface area contributed by atoms with Gasteiger partial charge in [-0.15, -0.1) is 0 Å². The van der Waals surface area contributed by atoms with Gasteiger partial charge in [0.1, 0.15) is 6.10 Å². The van der Waals surface area contributed by atoms with Crippen LogP contribution < -0.4 is 0 Å². The monoisotopic (exact) mass is 318 g/mol. The molecule has 1 aliphatic rings. The second-order valence-corrected chi connectivity index (χ2v) is 6.67. The third-order valence-electron chi connectivity index (χ3n) is 3.32. The maximum Gasteiger partial charge on any atom is 0.281 e. The smallest absolute Gasteiger partial charge is 0.281 e. The SMILES string of the molecule is CC(F)(F)CC(F)(F)C(O)COCCC1CCSCC1. The van der Waals surface area contributed by atoms with Gasteiger partial charge in [0.15, 0.2) is 0 Å². The van der Waals surface area contributed by atoms with Crippen molar-refractivity contribution in [1.29, 1.82) is 0 Å². The van der Waals surface area contributed by atoms with Crippen LogP contribution in [0.4, 0.5) is 17.6 Å². The van der Waals surface area contributed by atoms with E-state index in [4.69, 9.17) is 4.74 Å². The normalized spacial score (nSPS) is 20.1. The van der Waals surface area contributed by atoms with Gasteiger partial charge < -0.3 is 9.84 Å². The van der Waals surface area contributed by atoms with E-state index in [9.17, 15) is 22.7 Å². The van der Waals surface area contributed by atoms with E-state index in [-0.39, 0.29) is 6.61 Å². The van der Waals surface area contributed by atoms with Crippen LogP contribution in [0.2, 0.25) is 0 Å². The molecule has 1 heterocycles. The Morgan fingerprint density at radius 3 is 2.40 bits per heavy atom. The van der Waals surface area contributed by atoms with Crippen molar-refractivity contribution in [3.8, 4) is 0 Å². The summed E-state index contributed by atoms with van der Waals surface area (Å²) in [6.07, 6.45) is -0.897. The van der Waals surface area contributed by atoms with Gasteiger partial charge in [-0.05, 0) is 43.6 Å². The van der Waals surface area contributed by atoms with Crippen molar-refractivity contribution < 1.29 is 27.4 Å². The number of rotatable bonds is 8. The summed E-state index contributed by atoms with van der Waals surface area (Å²) in [4.78, 5) is 0. The van der Waals surface area contributed by atoms with Crippen molar-refractivity contribution in [2.45, 2.75) is 50.6 Å². The van der Waals surface area contributed by atoms with Crippen molar-refractivity contribution in [3.63, 3.8) is 0 Å². The molecule has 1 fully saturated rings. The molecule has 1 unspecified atom stereocenters. The highest BCUT2D eigenvalue weighted by Crippen LogP contribution is 2.33. The Balaban J connectivity index is 2.19. The van der Waals surface area contributed by atoms with E-state index >= 15 is 0 Å². The predicted octanol–water partition coefficient (Wildman–Crippen LogP) is 3.58. The Labute approximate surface area is 121 Å². The molecule has 0 aromatic heterocycles. The minimum atomic E-state index is -3.83. The highest BCUT2D eigenvalue weighted by Gasteiger charge is 2.45. The van der Waals surface area contributed by atoms with Crippen LogP contribution in [0.25, 0.3) is 0 Å². The third-order valence-corrected chi connectivity index (χ3v) is 4.37. The molecule has 0 saturated carbocycles. The van der Waals surface area contributed by atoms with E-state index in [0.717, 1.165) is 30.8 Å². The first kappa shape index (κ1) is 18.0. The maximum absolute atomic E-state index is 13.3. The van der Waals surface area contributed by atoms with E-state index in [1.165, 1.54) is 0 Å². The number of hydrogen-bond donors (Lipinski definition) is 1. The highest BCUT2D eigenvalue weighted by molar-refractivity contribution is 7.99. The van der Waals surface area contributed by atoms with E-state index in [0.29, 0.717) is 12.8 Å². The van der Waals surface area contributed by atoms with Gasteiger partial charge in [-0.2, -0.15) is 11.8 Å². The quantitative estimate of drug-likeness (QED) is 0.548. The van der Waals surface area contributed by atoms with Gasteiger partial charge >= 0.3 is 0 Å². The molecule has 120 valence electrons. The molecule has 0 aliphatic carbocycles. The van der Waals surface area contributed by atoms with Crippen LogP contribution in [0.3, 0.4) is 0 Å². The summed E-state index contributed by atoms with van der Waals surface area (Å²) >= 11 is 1.90. The van der Waals surface area contributed by atoms with Crippen LogP contribution in [0.5, 0.6) is 0 Å². The van der Waals surface area contributed by atoms with Crippen LogP contribution in [0.1, 0.15) is 32.6 Å². The first-order chi connectivity index (χ1) is 9.21. The summed E-state index contributed by atoms with van der Waals surface area (Å²) in [5.74, 6) is -4.59. The zero-order valence-corrected chi connectivity index (χ0v) is 12.4.